The molecule has 21 heavy (non-hydrogen) atoms. The third-order valence-corrected chi connectivity index (χ3v) is 7.89. The Morgan fingerprint density at radius 1 is 0.857 bits per heavy atom. The second-order valence-corrected chi connectivity index (χ2v) is 8.52. The maximum absolute atomic E-state index is 5.69. The summed E-state index contributed by atoms with van der Waals surface area (Å²) in [5.41, 5.74) is 7.72. The highest BCUT2D eigenvalue weighted by Gasteiger charge is 2.44. The smallest absolute Gasteiger partial charge is 0.126 e. The Kier molecular flexibility index (Phi) is 3.85. The lowest BCUT2D eigenvalue weighted by Crippen LogP contribution is -2.26. The molecule has 5 heteroatoms. The van der Waals surface area contributed by atoms with Gasteiger partial charge in [0.2, 0.25) is 0 Å². The summed E-state index contributed by atoms with van der Waals surface area (Å²) in [6.45, 7) is 0. The van der Waals surface area contributed by atoms with E-state index in [4.69, 9.17) is 8.83 Å². The van der Waals surface area contributed by atoms with Gasteiger partial charge in [-0.1, -0.05) is 19.3 Å². The van der Waals surface area contributed by atoms with Crippen molar-refractivity contribution >= 4 is 7.92 Å². The molecule has 0 radical (unpaired) electrons. The number of nitrogens with one attached hydrogen (secondary N) is 2. The average Bonchev–Trinajstić information content (AvgIpc) is 3.27. The van der Waals surface area contributed by atoms with Crippen LogP contribution >= 0.6 is 7.92 Å². The van der Waals surface area contributed by atoms with E-state index in [1.54, 1.807) is 12.5 Å². The van der Waals surface area contributed by atoms with Crippen molar-refractivity contribution in [3.8, 4) is 0 Å². The monoisotopic (exact) mass is 304 g/mol. The van der Waals surface area contributed by atoms with Gasteiger partial charge in [-0.3, -0.25) is 0 Å². The van der Waals surface area contributed by atoms with Crippen LogP contribution in [0.5, 0.6) is 0 Å². The molecule has 2 atom stereocenters. The lowest BCUT2D eigenvalue weighted by Gasteiger charge is -2.33. The predicted molar refractivity (Wildman–Crippen MR) is 83.0 cm³/mol. The number of hydrogen-bond donors (Lipinski definition) is 2. The molecule has 0 aromatic carbocycles. The van der Waals surface area contributed by atoms with E-state index in [2.05, 4.69) is 23.0 Å². The molecule has 2 aliphatic rings. The summed E-state index contributed by atoms with van der Waals surface area (Å²) in [6, 6.07) is 8.13. The van der Waals surface area contributed by atoms with Crippen LogP contribution in [0.1, 0.15) is 55.2 Å². The summed E-state index contributed by atoms with van der Waals surface area (Å²) < 4.78 is 11.4. The molecule has 2 fully saturated rings. The number of rotatable bonds is 3. The Balaban J connectivity index is 1.65. The Morgan fingerprint density at radius 3 is 1.90 bits per heavy atom. The van der Waals surface area contributed by atoms with Crippen LogP contribution in [-0.2, 0) is 0 Å². The van der Waals surface area contributed by atoms with Crippen LogP contribution in [0.3, 0.4) is 0 Å². The summed E-state index contributed by atoms with van der Waals surface area (Å²) in [5, 5.41) is 0. The van der Waals surface area contributed by atoms with Crippen molar-refractivity contribution in [1.82, 2.24) is 10.9 Å². The van der Waals surface area contributed by atoms with Gasteiger partial charge in [0.25, 0.3) is 0 Å². The van der Waals surface area contributed by atoms with Gasteiger partial charge >= 0.3 is 0 Å². The minimum atomic E-state index is -0.301. The van der Waals surface area contributed by atoms with Crippen LogP contribution in [0, 0.1) is 0 Å². The van der Waals surface area contributed by atoms with Crippen molar-refractivity contribution in [2.75, 3.05) is 0 Å². The van der Waals surface area contributed by atoms with Gasteiger partial charge < -0.3 is 8.83 Å². The zero-order valence-electron chi connectivity index (χ0n) is 12.0. The zero-order valence-corrected chi connectivity index (χ0v) is 12.9. The van der Waals surface area contributed by atoms with Gasteiger partial charge in [0.15, 0.2) is 0 Å². The molecule has 1 aliphatic heterocycles. The van der Waals surface area contributed by atoms with Gasteiger partial charge in [0.05, 0.1) is 12.5 Å². The average molecular weight is 304 g/mol. The largest absolute Gasteiger partial charge is 0.467 e. The first-order valence-corrected chi connectivity index (χ1v) is 9.34. The molecule has 0 spiro atoms. The van der Waals surface area contributed by atoms with E-state index in [-0.39, 0.29) is 19.5 Å². The Hall–Kier alpha value is -1.09. The first-order chi connectivity index (χ1) is 10.4. The fourth-order valence-electron chi connectivity index (χ4n) is 3.59. The third kappa shape index (κ3) is 2.57. The lowest BCUT2D eigenvalue weighted by atomic mass is 10.0. The topological polar surface area (TPSA) is 50.3 Å². The van der Waals surface area contributed by atoms with Gasteiger partial charge in [-0.15, -0.1) is 0 Å². The SMILES string of the molecule is c1coc([C@H]2NN[C@H](c3ccco3)P2C2CCCCC2)c1. The van der Waals surface area contributed by atoms with Crippen molar-refractivity contribution in [3.05, 3.63) is 48.3 Å². The molecular weight excluding hydrogens is 283 g/mol. The van der Waals surface area contributed by atoms with Crippen molar-refractivity contribution in [2.45, 2.75) is 49.3 Å². The molecule has 2 aromatic rings. The Labute approximate surface area is 126 Å². The lowest BCUT2D eigenvalue weighted by molar-refractivity contribution is 0.432. The molecule has 0 bridgehead atoms. The first-order valence-electron chi connectivity index (χ1n) is 7.79. The highest BCUT2D eigenvalue weighted by Crippen LogP contribution is 2.67. The normalized spacial score (nSPS) is 28.2. The Bertz CT molecular complexity index is 507. The van der Waals surface area contributed by atoms with Crippen molar-refractivity contribution < 1.29 is 8.83 Å². The molecule has 1 aliphatic carbocycles. The second-order valence-electron chi connectivity index (χ2n) is 5.86. The second kappa shape index (κ2) is 5.96. The first kappa shape index (κ1) is 13.6. The summed E-state index contributed by atoms with van der Waals surface area (Å²) in [6.07, 6.45) is 10.3. The molecule has 4 nitrogen and oxygen atoms in total. The fourth-order valence-corrected chi connectivity index (χ4v) is 7.02. The number of hydrogen-bond acceptors (Lipinski definition) is 4. The van der Waals surface area contributed by atoms with Gasteiger partial charge in [-0.25, -0.2) is 10.9 Å². The van der Waals surface area contributed by atoms with Gasteiger partial charge in [0.1, 0.15) is 23.1 Å². The van der Waals surface area contributed by atoms with Crippen LogP contribution in [0.4, 0.5) is 0 Å². The zero-order chi connectivity index (χ0) is 14.1. The summed E-state index contributed by atoms with van der Waals surface area (Å²) in [5.74, 6) is 2.67. The quantitative estimate of drug-likeness (QED) is 0.820. The van der Waals surface area contributed by atoms with Crippen molar-refractivity contribution in [2.24, 2.45) is 0 Å². The molecule has 1 saturated carbocycles. The van der Waals surface area contributed by atoms with Crippen LogP contribution < -0.4 is 10.9 Å². The molecule has 2 N–H and O–H groups in total. The van der Waals surface area contributed by atoms with Gasteiger partial charge in [-0.05, 0) is 50.7 Å². The highest BCUT2D eigenvalue weighted by molar-refractivity contribution is 7.59. The molecule has 4 rings (SSSR count). The minimum Gasteiger partial charge on any atom is -0.467 e. The summed E-state index contributed by atoms with van der Waals surface area (Å²) in [7, 11) is -0.301. The fraction of sp³-hybridized carbons (Fsp3) is 0.500. The van der Waals surface area contributed by atoms with E-state index in [1.165, 1.54) is 32.1 Å². The van der Waals surface area contributed by atoms with E-state index >= 15 is 0 Å². The van der Waals surface area contributed by atoms with E-state index in [0.717, 1.165) is 17.2 Å². The predicted octanol–water partition coefficient (Wildman–Crippen LogP) is 4.49. The minimum absolute atomic E-state index is 0.285. The summed E-state index contributed by atoms with van der Waals surface area (Å²) in [4.78, 5) is 0. The van der Waals surface area contributed by atoms with E-state index in [9.17, 15) is 0 Å². The van der Waals surface area contributed by atoms with E-state index in [1.807, 2.05) is 12.1 Å². The van der Waals surface area contributed by atoms with Crippen LogP contribution in [0.25, 0.3) is 0 Å². The number of hydrazine groups is 1. The van der Waals surface area contributed by atoms with Crippen LogP contribution in [0.15, 0.2) is 45.6 Å². The number of furan rings is 2. The van der Waals surface area contributed by atoms with Crippen LogP contribution in [-0.4, -0.2) is 5.66 Å². The standard InChI is InChI=1S/C16H21N2O2P/c1-2-6-12(7-3-1)21-15(13-8-4-10-19-13)17-18-16(21)14-9-5-11-20-14/h4-5,8-12,15-18H,1-3,6-7H2/t15-,16-/m0/s1. The third-order valence-electron chi connectivity index (χ3n) is 4.57. The summed E-state index contributed by atoms with van der Waals surface area (Å²) >= 11 is 0. The molecule has 3 heterocycles. The van der Waals surface area contributed by atoms with Crippen LogP contribution in [0.2, 0.25) is 0 Å². The molecule has 0 amide bonds. The van der Waals surface area contributed by atoms with E-state index < -0.39 is 0 Å². The molecular formula is C16H21N2O2P. The molecule has 112 valence electrons. The Morgan fingerprint density at radius 2 is 1.43 bits per heavy atom. The van der Waals surface area contributed by atoms with Gasteiger partial charge in [0, 0.05) is 0 Å². The molecule has 0 unspecified atom stereocenters. The van der Waals surface area contributed by atoms with E-state index in [0.29, 0.717) is 0 Å². The van der Waals surface area contributed by atoms with Crippen molar-refractivity contribution in [1.29, 1.82) is 0 Å². The molecule has 2 aromatic heterocycles. The highest BCUT2D eigenvalue weighted by atomic mass is 31.1. The van der Waals surface area contributed by atoms with Gasteiger partial charge in [-0.2, -0.15) is 0 Å². The maximum Gasteiger partial charge on any atom is 0.126 e. The molecule has 1 saturated heterocycles. The van der Waals surface area contributed by atoms with Crippen molar-refractivity contribution in [3.63, 3.8) is 0 Å². The maximum atomic E-state index is 5.69.